The molecule has 1 aliphatic rings. The monoisotopic (exact) mass is 220 g/mol. The zero-order valence-electron chi connectivity index (χ0n) is 8.35. The van der Waals surface area contributed by atoms with Crippen molar-refractivity contribution in [3.05, 3.63) is 41.5 Å². The van der Waals surface area contributed by atoms with Gasteiger partial charge in [0.2, 0.25) is 0 Å². The Morgan fingerprint density at radius 1 is 1.25 bits per heavy atom. The first-order valence-electron chi connectivity index (χ1n) is 4.79. The highest BCUT2D eigenvalue weighted by atomic mass is 19.1. The fourth-order valence-electron chi connectivity index (χ4n) is 1.39. The fourth-order valence-corrected chi connectivity index (χ4v) is 1.39. The van der Waals surface area contributed by atoms with Crippen LogP contribution in [0.4, 0.5) is 10.1 Å². The van der Waals surface area contributed by atoms with Gasteiger partial charge >= 0.3 is 0 Å². The lowest BCUT2D eigenvalue weighted by molar-refractivity contribution is -0.114. The second kappa shape index (κ2) is 4.22. The van der Waals surface area contributed by atoms with Crippen LogP contribution in [0.25, 0.3) is 0 Å². The van der Waals surface area contributed by atoms with E-state index in [-0.39, 0.29) is 23.7 Å². The van der Waals surface area contributed by atoms with Gasteiger partial charge in [-0.2, -0.15) is 5.11 Å². The number of aliphatic hydroxyl groups is 1. The summed E-state index contributed by atoms with van der Waals surface area (Å²) in [4.78, 5) is 11.2. The van der Waals surface area contributed by atoms with Crippen molar-refractivity contribution in [2.75, 3.05) is 0 Å². The van der Waals surface area contributed by atoms with Crippen molar-refractivity contribution in [3.63, 3.8) is 0 Å². The molecule has 1 aromatic carbocycles. The van der Waals surface area contributed by atoms with Crippen LogP contribution in [-0.2, 0) is 4.79 Å². The number of hydrogen-bond donors (Lipinski definition) is 1. The third-order valence-corrected chi connectivity index (χ3v) is 2.20. The Morgan fingerprint density at radius 2 is 2.06 bits per heavy atom. The van der Waals surface area contributed by atoms with Crippen LogP contribution in [0, 0.1) is 5.82 Å². The third kappa shape index (κ3) is 2.13. The summed E-state index contributed by atoms with van der Waals surface area (Å²) in [5.74, 6) is -0.713. The van der Waals surface area contributed by atoms with Crippen molar-refractivity contribution >= 4 is 11.5 Å². The van der Waals surface area contributed by atoms with Crippen molar-refractivity contribution in [2.45, 2.75) is 12.8 Å². The van der Waals surface area contributed by atoms with E-state index >= 15 is 0 Å². The second-order valence-electron chi connectivity index (χ2n) is 3.40. The summed E-state index contributed by atoms with van der Waals surface area (Å²) < 4.78 is 12.8. The summed E-state index contributed by atoms with van der Waals surface area (Å²) in [6, 6.07) is 5.54. The topological polar surface area (TPSA) is 62.0 Å². The molecule has 0 saturated carbocycles. The summed E-state index contributed by atoms with van der Waals surface area (Å²) >= 11 is 0. The molecular weight excluding hydrogens is 211 g/mol. The number of carbonyl (C=O) groups excluding carboxylic acids is 1. The second-order valence-corrected chi connectivity index (χ2v) is 3.40. The number of rotatable bonds is 2. The molecule has 1 aliphatic carbocycles. The van der Waals surface area contributed by atoms with Crippen LogP contribution < -0.4 is 0 Å². The smallest absolute Gasteiger partial charge is 0.186 e. The largest absolute Gasteiger partial charge is 0.510 e. The Bertz CT molecular complexity index is 495. The number of carbonyl (C=O) groups is 1. The summed E-state index contributed by atoms with van der Waals surface area (Å²) in [6.45, 7) is 0. The zero-order valence-corrected chi connectivity index (χ0v) is 8.35. The minimum Gasteiger partial charge on any atom is -0.510 e. The Morgan fingerprint density at radius 3 is 2.69 bits per heavy atom. The van der Waals surface area contributed by atoms with Crippen LogP contribution >= 0.6 is 0 Å². The van der Waals surface area contributed by atoms with Gasteiger partial charge in [-0.1, -0.05) is 6.07 Å². The minimum absolute atomic E-state index is 0.0238. The van der Waals surface area contributed by atoms with Crippen molar-refractivity contribution in [1.82, 2.24) is 0 Å². The van der Waals surface area contributed by atoms with Gasteiger partial charge in [0.15, 0.2) is 11.5 Å². The predicted molar refractivity (Wildman–Crippen MR) is 54.8 cm³/mol. The van der Waals surface area contributed by atoms with Gasteiger partial charge in [0.1, 0.15) is 11.6 Å². The molecule has 0 bridgehead atoms. The summed E-state index contributed by atoms with van der Waals surface area (Å²) in [5.41, 5.74) is 0.282. The standard InChI is InChI=1S/C11H9FN2O2/c12-7-2-1-3-8(6-7)13-14-11-9(15)4-5-10(11)16/h1-3,6,15H,4-5H2. The average molecular weight is 220 g/mol. The molecule has 0 aromatic heterocycles. The molecule has 82 valence electrons. The van der Waals surface area contributed by atoms with Gasteiger partial charge in [-0.25, -0.2) is 4.39 Å². The van der Waals surface area contributed by atoms with Crippen LogP contribution in [0.15, 0.2) is 46.0 Å². The fraction of sp³-hybridized carbons (Fsp3) is 0.182. The molecule has 4 nitrogen and oxygen atoms in total. The molecule has 0 fully saturated rings. The molecule has 16 heavy (non-hydrogen) atoms. The molecule has 0 spiro atoms. The van der Waals surface area contributed by atoms with E-state index in [0.29, 0.717) is 12.1 Å². The van der Waals surface area contributed by atoms with Gasteiger partial charge in [-0.15, -0.1) is 5.11 Å². The Hall–Kier alpha value is -2.04. The molecule has 1 aromatic rings. The molecule has 0 radical (unpaired) electrons. The number of allylic oxidation sites excluding steroid dienone is 2. The Kier molecular flexibility index (Phi) is 2.76. The molecule has 0 amide bonds. The SMILES string of the molecule is O=C1CCC(O)=C1N=Nc1cccc(F)c1. The molecule has 0 aliphatic heterocycles. The van der Waals surface area contributed by atoms with Crippen LogP contribution in [0.3, 0.4) is 0 Å². The van der Waals surface area contributed by atoms with E-state index in [1.807, 2.05) is 0 Å². The van der Waals surface area contributed by atoms with E-state index in [1.165, 1.54) is 18.2 Å². The van der Waals surface area contributed by atoms with Crippen molar-refractivity contribution in [1.29, 1.82) is 0 Å². The summed E-state index contributed by atoms with van der Waals surface area (Å²) in [5, 5.41) is 16.7. The summed E-state index contributed by atoms with van der Waals surface area (Å²) in [7, 11) is 0. The first-order valence-corrected chi connectivity index (χ1v) is 4.79. The van der Waals surface area contributed by atoms with Gasteiger partial charge < -0.3 is 5.11 Å². The maximum Gasteiger partial charge on any atom is 0.186 e. The number of ketones is 1. The van der Waals surface area contributed by atoms with Gasteiger partial charge in [0.25, 0.3) is 0 Å². The quantitative estimate of drug-likeness (QED) is 0.778. The normalized spacial score (nSPS) is 16.4. The van der Waals surface area contributed by atoms with Crippen LogP contribution in [0.2, 0.25) is 0 Å². The van der Waals surface area contributed by atoms with Crippen molar-refractivity contribution in [3.8, 4) is 0 Å². The number of benzene rings is 1. The Labute approximate surface area is 91.1 Å². The van der Waals surface area contributed by atoms with Crippen LogP contribution in [0.5, 0.6) is 0 Å². The van der Waals surface area contributed by atoms with E-state index < -0.39 is 5.82 Å². The predicted octanol–water partition coefficient (Wildman–Crippen LogP) is 3.04. The molecule has 0 heterocycles. The van der Waals surface area contributed by atoms with E-state index in [0.717, 1.165) is 0 Å². The number of nitrogens with zero attached hydrogens (tertiary/aromatic N) is 2. The van der Waals surface area contributed by atoms with Gasteiger partial charge in [0.05, 0.1) is 5.69 Å². The number of Topliss-reactive ketones (excluding diaryl/α,β-unsaturated/α-hetero) is 1. The maximum absolute atomic E-state index is 12.8. The summed E-state index contributed by atoms with van der Waals surface area (Å²) in [6.07, 6.45) is 0.555. The van der Waals surface area contributed by atoms with Crippen molar-refractivity contribution in [2.24, 2.45) is 10.2 Å². The Balaban J connectivity index is 2.22. The molecule has 2 rings (SSSR count). The number of halogens is 1. The maximum atomic E-state index is 12.8. The lowest BCUT2D eigenvalue weighted by Crippen LogP contribution is -1.92. The average Bonchev–Trinajstić information content (AvgIpc) is 2.56. The number of aliphatic hydroxyl groups excluding tert-OH is 1. The van der Waals surface area contributed by atoms with Gasteiger partial charge in [-0.3, -0.25) is 4.79 Å². The highest BCUT2D eigenvalue weighted by Gasteiger charge is 2.22. The molecule has 0 unspecified atom stereocenters. The van der Waals surface area contributed by atoms with E-state index in [2.05, 4.69) is 10.2 Å². The highest BCUT2D eigenvalue weighted by Crippen LogP contribution is 2.23. The zero-order chi connectivity index (χ0) is 11.5. The van der Waals surface area contributed by atoms with Gasteiger partial charge in [-0.05, 0) is 12.1 Å². The lowest BCUT2D eigenvalue weighted by atomic mass is 10.3. The number of hydrogen-bond acceptors (Lipinski definition) is 4. The van der Waals surface area contributed by atoms with Gasteiger partial charge in [0, 0.05) is 18.9 Å². The third-order valence-electron chi connectivity index (χ3n) is 2.20. The number of azo groups is 1. The lowest BCUT2D eigenvalue weighted by Gasteiger charge is -1.93. The van der Waals surface area contributed by atoms with E-state index in [1.54, 1.807) is 6.07 Å². The highest BCUT2D eigenvalue weighted by molar-refractivity contribution is 5.97. The van der Waals surface area contributed by atoms with Crippen molar-refractivity contribution < 1.29 is 14.3 Å². The van der Waals surface area contributed by atoms with Crippen LogP contribution in [-0.4, -0.2) is 10.9 Å². The molecule has 0 saturated heterocycles. The molecular formula is C11H9FN2O2. The minimum atomic E-state index is -0.424. The van der Waals surface area contributed by atoms with Crippen LogP contribution in [0.1, 0.15) is 12.8 Å². The first-order chi connectivity index (χ1) is 7.66. The first kappa shape index (κ1) is 10.5. The van der Waals surface area contributed by atoms with E-state index in [9.17, 15) is 14.3 Å². The molecule has 0 atom stereocenters. The van der Waals surface area contributed by atoms with E-state index in [4.69, 9.17) is 0 Å². The molecule has 1 N–H and O–H groups in total. The molecule has 5 heteroatoms.